The molecule has 23 heavy (non-hydrogen) atoms. The Hall–Kier alpha value is -1.97. The van der Waals surface area contributed by atoms with Crippen molar-refractivity contribution in [3.63, 3.8) is 0 Å². The highest BCUT2D eigenvalue weighted by molar-refractivity contribution is 6.44. The van der Waals surface area contributed by atoms with Gasteiger partial charge in [-0.15, -0.1) is 0 Å². The average molecular weight is 361 g/mol. The van der Waals surface area contributed by atoms with Crippen LogP contribution >= 0.6 is 23.2 Å². The van der Waals surface area contributed by atoms with Crippen molar-refractivity contribution in [1.82, 2.24) is 4.98 Å². The molecule has 0 fully saturated rings. The third-order valence-corrected chi connectivity index (χ3v) is 3.72. The van der Waals surface area contributed by atoms with Gasteiger partial charge in [-0.25, -0.2) is 0 Å². The summed E-state index contributed by atoms with van der Waals surface area (Å²) >= 11 is 11.6. The highest BCUT2D eigenvalue weighted by atomic mass is 35.5. The normalized spacial score (nSPS) is 12.6. The van der Waals surface area contributed by atoms with Crippen LogP contribution in [0.25, 0.3) is 11.3 Å². The molecular weight excluding hydrogens is 352 g/mol. The van der Waals surface area contributed by atoms with Crippen LogP contribution < -0.4 is 4.74 Å². The molecule has 0 radical (unpaired) electrons. The number of nitriles is 1. The summed E-state index contributed by atoms with van der Waals surface area (Å²) < 4.78 is 43.7. The van der Waals surface area contributed by atoms with E-state index < -0.39 is 22.9 Å². The number of hydrogen-bond acceptors (Lipinski definition) is 3. The summed E-state index contributed by atoms with van der Waals surface area (Å²) in [6.45, 7) is 1.56. The number of alkyl halides is 3. The van der Waals surface area contributed by atoms with E-state index in [1.54, 1.807) is 25.1 Å². The summed E-state index contributed by atoms with van der Waals surface area (Å²) in [5.41, 5.74) is -0.577. The van der Waals surface area contributed by atoms with Crippen molar-refractivity contribution in [3.8, 4) is 23.1 Å². The van der Waals surface area contributed by atoms with Gasteiger partial charge in [0, 0.05) is 11.8 Å². The Balaban J connectivity index is 2.46. The molecule has 3 nitrogen and oxygen atoms in total. The molecule has 1 heterocycles. The number of aromatic nitrogens is 1. The summed E-state index contributed by atoms with van der Waals surface area (Å²) in [5, 5.41) is 7.83. The van der Waals surface area contributed by atoms with Gasteiger partial charge >= 0.3 is 6.18 Å². The highest BCUT2D eigenvalue weighted by Crippen LogP contribution is 2.41. The second-order valence-corrected chi connectivity index (χ2v) is 5.32. The van der Waals surface area contributed by atoms with Crippen LogP contribution in [0.2, 0.25) is 10.0 Å². The average Bonchev–Trinajstić information content (AvgIpc) is 2.48. The van der Waals surface area contributed by atoms with E-state index in [1.165, 1.54) is 6.07 Å². The topological polar surface area (TPSA) is 45.9 Å². The van der Waals surface area contributed by atoms with Crippen molar-refractivity contribution in [3.05, 3.63) is 46.1 Å². The molecule has 120 valence electrons. The number of pyridine rings is 1. The third-order valence-electron chi connectivity index (χ3n) is 2.87. The lowest BCUT2D eigenvalue weighted by Crippen LogP contribution is -2.08. The summed E-state index contributed by atoms with van der Waals surface area (Å²) in [6.07, 6.45) is -4.68. The monoisotopic (exact) mass is 360 g/mol. The van der Waals surface area contributed by atoms with E-state index >= 15 is 0 Å². The summed E-state index contributed by atoms with van der Waals surface area (Å²) in [6, 6.07) is 8.24. The Morgan fingerprint density at radius 1 is 1.26 bits per heavy atom. The Labute approximate surface area is 140 Å². The quantitative estimate of drug-likeness (QED) is 0.739. The number of ether oxygens (including phenoxy) is 1. The third kappa shape index (κ3) is 3.87. The van der Waals surface area contributed by atoms with Crippen molar-refractivity contribution in [2.24, 2.45) is 0 Å². The van der Waals surface area contributed by atoms with Gasteiger partial charge in [0.15, 0.2) is 6.10 Å². The first-order valence-electron chi connectivity index (χ1n) is 6.32. The lowest BCUT2D eigenvalue weighted by molar-refractivity contribution is -0.137. The van der Waals surface area contributed by atoms with Crippen molar-refractivity contribution < 1.29 is 17.9 Å². The highest BCUT2D eigenvalue weighted by Gasteiger charge is 2.35. The maximum Gasteiger partial charge on any atom is 0.419 e. The Kier molecular flexibility index (Phi) is 5.03. The van der Waals surface area contributed by atoms with Crippen molar-refractivity contribution in [2.45, 2.75) is 19.2 Å². The molecule has 0 spiro atoms. The number of nitrogens with zero attached hydrogens (tertiary/aromatic N) is 2. The first-order valence-corrected chi connectivity index (χ1v) is 7.07. The predicted octanol–water partition coefficient (Wildman–Crippen LogP) is 5.37. The molecule has 0 saturated heterocycles. The fraction of sp³-hybridized carbons (Fsp3) is 0.200. The number of benzene rings is 1. The molecule has 1 atom stereocenters. The van der Waals surface area contributed by atoms with Crippen LogP contribution in [-0.2, 0) is 6.18 Å². The van der Waals surface area contributed by atoms with Gasteiger partial charge in [0.25, 0.3) is 0 Å². The van der Waals surface area contributed by atoms with Crippen LogP contribution in [0.3, 0.4) is 0 Å². The molecule has 2 rings (SSSR count). The first-order chi connectivity index (χ1) is 10.7. The number of rotatable bonds is 3. The lowest BCUT2D eigenvalue weighted by Gasteiger charge is -2.13. The minimum absolute atomic E-state index is 0.0970. The van der Waals surface area contributed by atoms with Gasteiger partial charge in [0.1, 0.15) is 11.8 Å². The van der Waals surface area contributed by atoms with Crippen molar-refractivity contribution >= 4 is 23.2 Å². The van der Waals surface area contributed by atoms with Gasteiger partial charge in [-0.2, -0.15) is 18.4 Å². The minimum atomic E-state index is -4.64. The molecule has 8 heteroatoms. The van der Waals surface area contributed by atoms with Gasteiger partial charge in [0.05, 0.1) is 21.3 Å². The van der Waals surface area contributed by atoms with E-state index in [0.717, 1.165) is 0 Å². The molecular formula is C15H9Cl2F3N2O. The van der Waals surface area contributed by atoms with Crippen molar-refractivity contribution in [2.75, 3.05) is 0 Å². The maximum atomic E-state index is 12.8. The SMILES string of the molecule is CC(C#N)Oc1cccc(-c2ncc(C(F)(F)F)c(Cl)c2Cl)c1. The Morgan fingerprint density at radius 3 is 2.57 bits per heavy atom. The van der Waals surface area contributed by atoms with Crippen LogP contribution in [0.1, 0.15) is 12.5 Å². The fourth-order valence-electron chi connectivity index (χ4n) is 1.81. The largest absolute Gasteiger partial charge is 0.476 e. The maximum absolute atomic E-state index is 12.8. The summed E-state index contributed by atoms with van der Waals surface area (Å²) in [4.78, 5) is 3.76. The van der Waals surface area contributed by atoms with E-state index in [4.69, 9.17) is 33.2 Å². The van der Waals surface area contributed by atoms with Crippen LogP contribution in [0.4, 0.5) is 13.2 Å². The molecule has 0 bridgehead atoms. The van der Waals surface area contributed by atoms with Gasteiger partial charge in [-0.05, 0) is 19.1 Å². The van der Waals surface area contributed by atoms with E-state index in [2.05, 4.69) is 4.98 Å². The number of hydrogen-bond donors (Lipinski definition) is 0. The van der Waals surface area contributed by atoms with Crippen LogP contribution in [0.5, 0.6) is 5.75 Å². The fourth-order valence-corrected chi connectivity index (χ4v) is 2.32. The van der Waals surface area contributed by atoms with E-state index in [1.807, 2.05) is 6.07 Å². The van der Waals surface area contributed by atoms with Gasteiger partial charge in [-0.3, -0.25) is 4.98 Å². The zero-order chi connectivity index (χ0) is 17.2. The molecule has 0 saturated carbocycles. The van der Waals surface area contributed by atoms with E-state index in [-0.39, 0.29) is 10.7 Å². The van der Waals surface area contributed by atoms with Gasteiger partial charge in [0.2, 0.25) is 0 Å². The van der Waals surface area contributed by atoms with Gasteiger partial charge in [-0.1, -0.05) is 35.3 Å². The summed E-state index contributed by atoms with van der Waals surface area (Å²) in [7, 11) is 0. The second kappa shape index (κ2) is 6.65. The molecule has 0 N–H and O–H groups in total. The van der Waals surface area contributed by atoms with Crippen LogP contribution in [-0.4, -0.2) is 11.1 Å². The predicted molar refractivity (Wildman–Crippen MR) is 80.4 cm³/mol. The number of halogens is 5. The molecule has 1 unspecified atom stereocenters. The van der Waals surface area contributed by atoms with E-state index in [0.29, 0.717) is 17.5 Å². The molecule has 0 aliphatic carbocycles. The smallest absolute Gasteiger partial charge is 0.419 e. The zero-order valence-electron chi connectivity index (χ0n) is 11.7. The lowest BCUT2D eigenvalue weighted by atomic mass is 10.1. The molecule has 0 amide bonds. The standard InChI is InChI=1S/C15H9Cl2F3N2O/c1-8(6-21)23-10-4-2-3-9(5-10)14-13(17)12(16)11(7-22-14)15(18,19)20/h2-5,7-8H,1H3. The second-order valence-electron chi connectivity index (χ2n) is 4.56. The Bertz CT molecular complexity index is 772. The first kappa shape index (κ1) is 17.4. The molecule has 1 aromatic heterocycles. The van der Waals surface area contributed by atoms with Gasteiger partial charge < -0.3 is 4.74 Å². The summed E-state index contributed by atoms with van der Waals surface area (Å²) in [5.74, 6) is 0.366. The van der Waals surface area contributed by atoms with Crippen molar-refractivity contribution in [1.29, 1.82) is 5.26 Å². The van der Waals surface area contributed by atoms with Crippen LogP contribution in [0, 0.1) is 11.3 Å². The molecule has 1 aromatic carbocycles. The Morgan fingerprint density at radius 2 is 1.96 bits per heavy atom. The minimum Gasteiger partial charge on any atom is -0.476 e. The molecule has 2 aromatic rings. The van der Waals surface area contributed by atoms with Crippen LogP contribution in [0.15, 0.2) is 30.5 Å². The zero-order valence-corrected chi connectivity index (χ0v) is 13.2. The van der Waals surface area contributed by atoms with E-state index in [9.17, 15) is 13.2 Å². The molecule has 0 aliphatic rings. The molecule has 0 aliphatic heterocycles.